The first-order chi connectivity index (χ1) is 25.4. The molecule has 13 heteroatoms. The van der Waals surface area contributed by atoms with Gasteiger partial charge < -0.3 is 33.5 Å². The van der Waals surface area contributed by atoms with Crippen LogP contribution in [0.3, 0.4) is 0 Å². The largest absolute Gasteiger partial charge is 0.462 e. The third-order valence-electron chi connectivity index (χ3n) is 8.76. The molecule has 13 nitrogen and oxygen atoms in total. The first-order valence-electron chi connectivity index (χ1n) is 18.7. The van der Waals surface area contributed by atoms with E-state index >= 15 is 0 Å². The van der Waals surface area contributed by atoms with Gasteiger partial charge in [0.25, 0.3) is 0 Å². The van der Waals surface area contributed by atoms with E-state index in [9.17, 15) is 24.3 Å². The fourth-order valence-electron chi connectivity index (χ4n) is 5.47. The zero-order chi connectivity index (χ0) is 41.1. The second kappa shape index (κ2) is 16.7. The molecule has 0 unspecified atom stereocenters. The second-order valence-electron chi connectivity index (χ2n) is 18.1. The van der Waals surface area contributed by atoms with Crippen LogP contribution in [0, 0.1) is 21.7 Å². The van der Waals surface area contributed by atoms with Crippen molar-refractivity contribution in [1.82, 2.24) is 9.78 Å². The van der Waals surface area contributed by atoms with Crippen LogP contribution in [0.15, 0.2) is 48.5 Å². The highest BCUT2D eigenvalue weighted by Gasteiger charge is 2.56. The fourth-order valence-corrected chi connectivity index (χ4v) is 5.47. The maximum absolute atomic E-state index is 13.7. The normalized spacial score (nSPS) is 20.8. The Morgan fingerprint density at radius 2 is 1.22 bits per heavy atom. The molecule has 1 saturated heterocycles. The SMILES string of the molecule is CC(C)(C)C(=O)OC[C@H]1O[C@@H](Oc2nn(CCO)c3cccc(Cc4ccccc4)c23)[C@H](OC(=O)C(C)(C)C)[C@@H](OC(=O)C(C)(C)C)[C@@H]1OC(=O)C(C)(C)C. The lowest BCUT2D eigenvalue weighted by Crippen LogP contribution is -2.65. The van der Waals surface area contributed by atoms with Crippen LogP contribution in [0.4, 0.5) is 0 Å². The lowest BCUT2D eigenvalue weighted by atomic mass is 9.93. The van der Waals surface area contributed by atoms with Crippen LogP contribution in [0.1, 0.15) is 94.2 Å². The van der Waals surface area contributed by atoms with Crippen LogP contribution >= 0.6 is 0 Å². The Morgan fingerprint density at radius 1 is 0.691 bits per heavy atom. The number of rotatable bonds is 11. The molecule has 1 aliphatic heterocycles. The van der Waals surface area contributed by atoms with E-state index in [1.54, 1.807) is 87.8 Å². The van der Waals surface area contributed by atoms with Crippen LogP contribution in [-0.2, 0) is 55.8 Å². The summed E-state index contributed by atoms with van der Waals surface area (Å²) >= 11 is 0. The number of carbonyl (C=O) groups excluding carboxylic acids is 4. The van der Waals surface area contributed by atoms with Crippen molar-refractivity contribution in [1.29, 1.82) is 0 Å². The molecule has 0 bridgehead atoms. The van der Waals surface area contributed by atoms with Gasteiger partial charge in [-0.05, 0) is 107 Å². The van der Waals surface area contributed by atoms with Crippen LogP contribution < -0.4 is 4.74 Å². The number of nitrogens with zero attached hydrogens (tertiary/aromatic N) is 2. The van der Waals surface area contributed by atoms with Crippen LogP contribution in [-0.4, -0.2) is 82.7 Å². The first-order valence-corrected chi connectivity index (χ1v) is 18.7. The Balaban J connectivity index is 1.93. The van der Waals surface area contributed by atoms with Crippen LogP contribution in [0.5, 0.6) is 5.88 Å². The maximum atomic E-state index is 13.7. The fraction of sp³-hybridized carbons (Fsp3) is 0.595. The van der Waals surface area contributed by atoms with Crippen LogP contribution in [0.2, 0.25) is 0 Å². The highest BCUT2D eigenvalue weighted by atomic mass is 16.7. The Bertz CT molecular complexity index is 1820. The van der Waals surface area contributed by atoms with Crippen molar-refractivity contribution in [2.24, 2.45) is 21.7 Å². The van der Waals surface area contributed by atoms with E-state index in [1.165, 1.54) is 0 Å². The first kappa shape index (κ1) is 43.2. The van der Waals surface area contributed by atoms with Crippen LogP contribution in [0.25, 0.3) is 10.9 Å². The minimum Gasteiger partial charge on any atom is -0.462 e. The molecule has 0 spiro atoms. The van der Waals surface area contributed by atoms with E-state index in [4.69, 9.17) is 33.5 Å². The quantitative estimate of drug-likeness (QED) is 0.174. The van der Waals surface area contributed by atoms with Crippen molar-refractivity contribution in [2.45, 2.75) is 127 Å². The number of hydrogen-bond donors (Lipinski definition) is 1. The van der Waals surface area contributed by atoms with Gasteiger partial charge in [0, 0.05) is 0 Å². The predicted octanol–water partition coefficient (Wildman–Crippen LogP) is 6.19. The molecule has 1 aromatic heterocycles. The molecule has 2 aromatic carbocycles. The van der Waals surface area contributed by atoms with Crippen molar-refractivity contribution < 1.29 is 52.7 Å². The van der Waals surface area contributed by atoms with Gasteiger partial charge >= 0.3 is 23.9 Å². The van der Waals surface area contributed by atoms with E-state index < -0.39 is 82.8 Å². The number of hydrogen-bond acceptors (Lipinski definition) is 12. The molecule has 2 heterocycles. The minimum atomic E-state index is -1.53. The Kier molecular flexibility index (Phi) is 13.1. The van der Waals surface area contributed by atoms with Gasteiger partial charge in [0.2, 0.25) is 18.3 Å². The van der Waals surface area contributed by atoms with Gasteiger partial charge in [0.1, 0.15) is 12.7 Å². The third kappa shape index (κ3) is 10.8. The van der Waals surface area contributed by atoms with Crippen molar-refractivity contribution >= 4 is 34.8 Å². The smallest absolute Gasteiger partial charge is 0.311 e. The molecule has 1 fully saturated rings. The summed E-state index contributed by atoms with van der Waals surface area (Å²) in [6.07, 6.45) is -6.70. The molecule has 1 N–H and O–H groups in total. The summed E-state index contributed by atoms with van der Waals surface area (Å²) in [5, 5.41) is 15.3. The summed E-state index contributed by atoms with van der Waals surface area (Å²) < 4.78 is 38.9. The molecular weight excluding hydrogens is 708 g/mol. The predicted molar refractivity (Wildman–Crippen MR) is 204 cm³/mol. The topological polar surface area (TPSA) is 162 Å². The molecule has 0 saturated carbocycles. The van der Waals surface area contributed by atoms with E-state index in [1.807, 2.05) is 48.5 Å². The van der Waals surface area contributed by atoms with Gasteiger partial charge in [-0.25, -0.2) is 0 Å². The summed E-state index contributed by atoms with van der Waals surface area (Å²) in [5.74, 6) is -2.48. The summed E-state index contributed by atoms with van der Waals surface area (Å²) in [6.45, 7) is 19.5. The number of esters is 4. The number of benzene rings is 2. The second-order valence-corrected chi connectivity index (χ2v) is 18.1. The van der Waals surface area contributed by atoms with E-state index in [0.717, 1.165) is 11.1 Å². The minimum absolute atomic E-state index is 0.0910. The van der Waals surface area contributed by atoms with E-state index in [-0.39, 0.29) is 19.0 Å². The van der Waals surface area contributed by atoms with Crippen molar-refractivity contribution in [3.63, 3.8) is 0 Å². The average molecular weight is 767 g/mol. The Labute approximate surface area is 323 Å². The molecule has 4 rings (SSSR count). The molecule has 302 valence electrons. The van der Waals surface area contributed by atoms with Gasteiger partial charge in [-0.15, -0.1) is 5.10 Å². The van der Waals surface area contributed by atoms with Gasteiger partial charge in [0.05, 0.1) is 45.7 Å². The summed E-state index contributed by atoms with van der Waals surface area (Å²) in [4.78, 5) is 54.1. The molecule has 55 heavy (non-hydrogen) atoms. The van der Waals surface area contributed by atoms with Crippen molar-refractivity contribution in [2.75, 3.05) is 13.2 Å². The summed E-state index contributed by atoms with van der Waals surface area (Å²) in [7, 11) is 0. The molecule has 1 aliphatic rings. The van der Waals surface area contributed by atoms with Crippen molar-refractivity contribution in [3.05, 3.63) is 59.7 Å². The number of aliphatic hydroxyl groups is 1. The van der Waals surface area contributed by atoms with Gasteiger partial charge in [0.15, 0.2) is 12.2 Å². The van der Waals surface area contributed by atoms with Gasteiger partial charge in [-0.1, -0.05) is 42.5 Å². The lowest BCUT2D eigenvalue weighted by molar-refractivity contribution is -0.294. The van der Waals surface area contributed by atoms with Gasteiger partial charge in [-0.3, -0.25) is 23.9 Å². The molecule has 3 aromatic rings. The average Bonchev–Trinajstić information content (AvgIpc) is 3.42. The Hall–Kier alpha value is -4.49. The van der Waals surface area contributed by atoms with Crippen molar-refractivity contribution in [3.8, 4) is 5.88 Å². The highest BCUT2D eigenvalue weighted by Crippen LogP contribution is 2.37. The lowest BCUT2D eigenvalue weighted by Gasteiger charge is -2.45. The van der Waals surface area contributed by atoms with E-state index in [0.29, 0.717) is 17.3 Å². The molecular formula is C42H58N2O11. The zero-order valence-corrected chi connectivity index (χ0v) is 34.3. The molecule has 0 amide bonds. The maximum Gasteiger partial charge on any atom is 0.311 e. The summed E-state index contributed by atoms with van der Waals surface area (Å²) in [6, 6.07) is 15.5. The standard InChI is InChI=1S/C42H58N2O11/c1-39(2,3)35(46)50-24-28-30(52-36(47)40(4,5)6)31(53-37(48)41(7,8)9)32(54-38(49)42(10,11)12)34(51-28)55-33-29-26(23-25-17-14-13-15-18-25)19-16-20-27(29)44(43-33)21-22-45/h13-20,28,30-32,34,45H,21-24H2,1-12H3/t28-,30-,31+,32-,34+/m1/s1. The number of aliphatic hydroxyl groups excluding tert-OH is 1. The number of aromatic nitrogens is 2. The monoisotopic (exact) mass is 766 g/mol. The van der Waals surface area contributed by atoms with E-state index in [2.05, 4.69) is 0 Å². The third-order valence-corrected chi connectivity index (χ3v) is 8.76. The number of carbonyl (C=O) groups is 4. The number of ether oxygens (including phenoxy) is 6. The summed E-state index contributed by atoms with van der Waals surface area (Å²) in [5.41, 5.74) is -1.42. The molecule has 0 aliphatic carbocycles. The Morgan fingerprint density at radius 3 is 1.75 bits per heavy atom. The molecule has 5 atom stereocenters. The molecule has 0 radical (unpaired) electrons. The van der Waals surface area contributed by atoms with Gasteiger partial charge in [-0.2, -0.15) is 0 Å². The zero-order valence-electron chi connectivity index (χ0n) is 34.3. The number of fused-ring (bicyclic) bond motifs is 1. The highest BCUT2D eigenvalue weighted by molar-refractivity contribution is 5.88.